The van der Waals surface area contributed by atoms with Crippen LogP contribution in [0.4, 0.5) is 0 Å². The van der Waals surface area contributed by atoms with E-state index in [0.29, 0.717) is 6.54 Å². The average molecular weight is 267 g/mol. The van der Waals surface area contributed by atoms with Crippen molar-refractivity contribution in [2.75, 3.05) is 19.6 Å². The summed E-state index contributed by atoms with van der Waals surface area (Å²) < 4.78 is 0. The van der Waals surface area contributed by atoms with Crippen LogP contribution in [0.1, 0.15) is 46.0 Å². The van der Waals surface area contributed by atoms with Crippen LogP contribution in [0.15, 0.2) is 0 Å². The summed E-state index contributed by atoms with van der Waals surface area (Å²) in [5, 5.41) is 6.30. The van der Waals surface area contributed by atoms with E-state index >= 15 is 0 Å². The van der Waals surface area contributed by atoms with Gasteiger partial charge in [-0.2, -0.15) is 0 Å². The Morgan fingerprint density at radius 3 is 2.74 bits per heavy atom. The van der Waals surface area contributed by atoms with E-state index in [2.05, 4.69) is 10.6 Å². The molecule has 2 rings (SSSR count). The van der Waals surface area contributed by atoms with E-state index in [1.54, 1.807) is 0 Å². The first-order valence-electron chi connectivity index (χ1n) is 7.33. The Labute approximate surface area is 115 Å². The normalized spacial score (nSPS) is 31.9. The van der Waals surface area contributed by atoms with Crippen LogP contribution >= 0.6 is 0 Å². The molecule has 0 unspecified atom stereocenters. The number of carbonyl (C=O) groups excluding carboxylic acids is 2. The van der Waals surface area contributed by atoms with Crippen LogP contribution in [-0.2, 0) is 9.59 Å². The Morgan fingerprint density at radius 1 is 1.32 bits per heavy atom. The van der Waals surface area contributed by atoms with Crippen LogP contribution < -0.4 is 10.6 Å². The van der Waals surface area contributed by atoms with Gasteiger partial charge in [-0.3, -0.25) is 9.59 Å². The van der Waals surface area contributed by atoms with E-state index < -0.39 is 5.54 Å². The second kappa shape index (κ2) is 5.90. The summed E-state index contributed by atoms with van der Waals surface area (Å²) in [6.07, 6.45) is 5.10. The van der Waals surface area contributed by atoms with Gasteiger partial charge in [0, 0.05) is 26.1 Å². The highest BCUT2D eigenvalue weighted by Gasteiger charge is 2.38. The van der Waals surface area contributed by atoms with E-state index in [9.17, 15) is 9.59 Å². The molecule has 0 aromatic rings. The van der Waals surface area contributed by atoms with Gasteiger partial charge in [0.25, 0.3) is 0 Å². The van der Waals surface area contributed by atoms with Crippen LogP contribution in [0.25, 0.3) is 0 Å². The zero-order chi connectivity index (χ0) is 13.9. The predicted octanol–water partition coefficient (Wildman–Crippen LogP) is 0.646. The van der Waals surface area contributed by atoms with Crippen LogP contribution in [0.5, 0.6) is 0 Å². The van der Waals surface area contributed by atoms with Gasteiger partial charge in [-0.05, 0) is 45.6 Å². The van der Waals surface area contributed by atoms with Crippen molar-refractivity contribution in [3.63, 3.8) is 0 Å². The minimum Gasteiger partial charge on any atom is -0.352 e. The topological polar surface area (TPSA) is 61.4 Å². The fraction of sp³-hybridized carbons (Fsp3) is 0.857. The number of hydrogen-bond donors (Lipinski definition) is 2. The number of hydrogen-bond acceptors (Lipinski definition) is 3. The zero-order valence-corrected chi connectivity index (χ0v) is 12.0. The molecule has 108 valence electrons. The molecule has 0 saturated carbocycles. The van der Waals surface area contributed by atoms with Crippen LogP contribution in [0.3, 0.4) is 0 Å². The lowest BCUT2D eigenvalue weighted by atomic mass is 9.88. The lowest BCUT2D eigenvalue weighted by Gasteiger charge is -2.41. The van der Waals surface area contributed by atoms with Crippen molar-refractivity contribution in [2.24, 2.45) is 0 Å². The Bertz CT molecular complexity index is 351. The van der Waals surface area contributed by atoms with Gasteiger partial charge < -0.3 is 15.5 Å². The summed E-state index contributed by atoms with van der Waals surface area (Å²) in [6.45, 7) is 5.92. The lowest BCUT2D eigenvalue weighted by Crippen LogP contribution is -2.61. The highest BCUT2D eigenvalue weighted by atomic mass is 16.2. The fourth-order valence-corrected chi connectivity index (χ4v) is 3.15. The van der Waals surface area contributed by atoms with Gasteiger partial charge in [0.1, 0.15) is 0 Å². The molecular formula is C14H25N3O2. The maximum Gasteiger partial charge on any atom is 0.242 e. The van der Waals surface area contributed by atoms with E-state index in [0.717, 1.165) is 45.2 Å². The molecule has 2 amide bonds. The minimum absolute atomic E-state index is 0.0127. The van der Waals surface area contributed by atoms with Gasteiger partial charge in [0.2, 0.25) is 11.8 Å². The third kappa shape index (κ3) is 3.47. The Balaban J connectivity index is 1.96. The van der Waals surface area contributed by atoms with E-state index in [4.69, 9.17) is 0 Å². The van der Waals surface area contributed by atoms with Crippen molar-refractivity contribution in [1.29, 1.82) is 0 Å². The number of nitrogens with one attached hydrogen (secondary N) is 2. The summed E-state index contributed by atoms with van der Waals surface area (Å²) in [5.74, 6) is 0.184. The van der Waals surface area contributed by atoms with Gasteiger partial charge in [-0.1, -0.05) is 0 Å². The quantitative estimate of drug-likeness (QED) is 0.772. The van der Waals surface area contributed by atoms with E-state index in [-0.39, 0.29) is 17.9 Å². The summed E-state index contributed by atoms with van der Waals surface area (Å²) >= 11 is 0. The van der Waals surface area contributed by atoms with Crippen molar-refractivity contribution < 1.29 is 9.59 Å². The van der Waals surface area contributed by atoms with Crippen molar-refractivity contribution >= 4 is 11.8 Å². The smallest absolute Gasteiger partial charge is 0.242 e. The van der Waals surface area contributed by atoms with Gasteiger partial charge >= 0.3 is 0 Å². The summed E-state index contributed by atoms with van der Waals surface area (Å²) in [5.41, 5.74) is -0.406. The fourth-order valence-electron chi connectivity index (χ4n) is 3.15. The number of likely N-dealkylation sites (tertiary alicyclic amines) is 1. The third-order valence-corrected chi connectivity index (χ3v) is 4.21. The van der Waals surface area contributed by atoms with Gasteiger partial charge in [-0.15, -0.1) is 0 Å². The second-order valence-corrected chi connectivity index (χ2v) is 6.01. The first-order valence-corrected chi connectivity index (χ1v) is 7.33. The molecule has 2 fully saturated rings. The molecule has 0 bridgehead atoms. The molecule has 0 radical (unpaired) electrons. The lowest BCUT2D eigenvalue weighted by molar-refractivity contribution is -0.140. The molecular weight excluding hydrogens is 242 g/mol. The average Bonchev–Trinajstić information content (AvgIpc) is 2.38. The molecule has 0 aliphatic carbocycles. The molecule has 2 saturated heterocycles. The Kier molecular flexibility index (Phi) is 4.45. The highest BCUT2D eigenvalue weighted by molar-refractivity contribution is 5.86. The number of piperidine rings is 2. The minimum atomic E-state index is -0.406. The van der Waals surface area contributed by atoms with Gasteiger partial charge in [0.05, 0.1) is 5.54 Å². The number of nitrogens with zero attached hydrogens (tertiary/aromatic N) is 1. The Morgan fingerprint density at radius 2 is 2.11 bits per heavy atom. The third-order valence-electron chi connectivity index (χ3n) is 4.21. The molecule has 0 spiro atoms. The molecule has 5 heteroatoms. The molecule has 2 atom stereocenters. The molecule has 2 N–H and O–H groups in total. The molecule has 2 aliphatic heterocycles. The molecule has 0 aromatic heterocycles. The predicted molar refractivity (Wildman–Crippen MR) is 73.7 cm³/mol. The SMILES string of the molecule is CC(=O)N[C@@H]1CCCN(C(=O)[C@]2(C)CCCCN2)C1. The summed E-state index contributed by atoms with van der Waals surface area (Å²) in [7, 11) is 0. The largest absolute Gasteiger partial charge is 0.352 e. The molecule has 0 aromatic carbocycles. The molecule has 19 heavy (non-hydrogen) atoms. The van der Waals surface area contributed by atoms with Crippen LogP contribution in [-0.4, -0.2) is 47.9 Å². The zero-order valence-electron chi connectivity index (χ0n) is 12.0. The van der Waals surface area contributed by atoms with E-state index in [1.807, 2.05) is 11.8 Å². The summed E-state index contributed by atoms with van der Waals surface area (Å²) in [6, 6.07) is 0.113. The van der Waals surface area contributed by atoms with Gasteiger partial charge in [-0.25, -0.2) is 0 Å². The number of carbonyl (C=O) groups is 2. The summed E-state index contributed by atoms with van der Waals surface area (Å²) in [4.78, 5) is 25.7. The number of rotatable bonds is 2. The van der Waals surface area contributed by atoms with Crippen molar-refractivity contribution in [3.05, 3.63) is 0 Å². The monoisotopic (exact) mass is 267 g/mol. The Hall–Kier alpha value is -1.10. The number of amides is 2. The van der Waals surface area contributed by atoms with Gasteiger partial charge in [0.15, 0.2) is 0 Å². The second-order valence-electron chi connectivity index (χ2n) is 6.01. The first-order chi connectivity index (χ1) is 9.01. The molecule has 2 heterocycles. The van der Waals surface area contributed by atoms with Crippen molar-refractivity contribution in [3.8, 4) is 0 Å². The maximum atomic E-state index is 12.7. The standard InChI is InChI=1S/C14H25N3O2/c1-11(18)16-12-6-5-9-17(10-12)13(19)14(2)7-3-4-8-15-14/h12,15H,3-10H2,1-2H3,(H,16,18)/t12-,14+/m1/s1. The first kappa shape index (κ1) is 14.3. The van der Waals surface area contributed by atoms with E-state index in [1.165, 1.54) is 6.92 Å². The van der Waals surface area contributed by atoms with Crippen molar-refractivity contribution in [2.45, 2.75) is 57.5 Å². The molecule has 2 aliphatic rings. The van der Waals surface area contributed by atoms with Crippen LogP contribution in [0.2, 0.25) is 0 Å². The highest BCUT2D eigenvalue weighted by Crippen LogP contribution is 2.23. The molecule has 5 nitrogen and oxygen atoms in total. The van der Waals surface area contributed by atoms with Crippen LogP contribution in [0, 0.1) is 0 Å². The van der Waals surface area contributed by atoms with Crippen molar-refractivity contribution in [1.82, 2.24) is 15.5 Å². The maximum absolute atomic E-state index is 12.7.